The lowest BCUT2D eigenvalue weighted by Gasteiger charge is -1.98. The Bertz CT molecular complexity index is 248. The van der Waals surface area contributed by atoms with Crippen molar-refractivity contribution in [2.24, 2.45) is 5.73 Å². The number of esters is 1. The topological polar surface area (TPSA) is 136 Å². The number of amides is 1. The first-order valence-corrected chi connectivity index (χ1v) is 5.44. The summed E-state index contributed by atoms with van der Waals surface area (Å²) in [5, 5.41) is 0. The van der Waals surface area contributed by atoms with Gasteiger partial charge in [0.25, 0.3) is 0 Å². The maximum absolute atomic E-state index is 10.0. The highest BCUT2D eigenvalue weighted by molar-refractivity contribution is 7.46. The van der Waals surface area contributed by atoms with E-state index in [4.69, 9.17) is 9.79 Å². The van der Waals surface area contributed by atoms with Gasteiger partial charge in [0.15, 0.2) is 0 Å². The zero-order chi connectivity index (χ0) is 12.5. The maximum atomic E-state index is 10.0. The molecule has 0 fully saturated rings. The van der Waals surface area contributed by atoms with Gasteiger partial charge < -0.3 is 20.3 Å². The van der Waals surface area contributed by atoms with Crippen LogP contribution in [0.15, 0.2) is 0 Å². The number of nitrogens with two attached hydrogens (primary N) is 1. The predicted molar refractivity (Wildman–Crippen MR) is 49.5 cm³/mol. The van der Waals surface area contributed by atoms with Gasteiger partial charge in [0.1, 0.15) is 0 Å². The largest absolute Gasteiger partial charge is 0.469 e. The summed E-state index contributed by atoms with van der Waals surface area (Å²) in [6.07, 6.45) is 0. The third-order valence-corrected chi connectivity index (χ3v) is 1.37. The smallest absolute Gasteiger partial charge is 0.459 e. The van der Waals surface area contributed by atoms with E-state index in [2.05, 4.69) is 15.0 Å². The molecule has 0 heterocycles. The number of primary amides is 1. The summed E-state index contributed by atoms with van der Waals surface area (Å²) in [4.78, 5) is 35.7. The normalized spacial score (nSPS) is 9.87. The van der Waals surface area contributed by atoms with Crippen LogP contribution in [-0.4, -0.2) is 34.9 Å². The molecule has 0 aliphatic carbocycles. The van der Waals surface area contributed by atoms with Crippen LogP contribution in [0.4, 0.5) is 0 Å². The number of carbonyl (C=O) groups is 2. The maximum Gasteiger partial charge on any atom is 0.469 e. The second kappa shape index (κ2) is 8.37. The zero-order valence-electron chi connectivity index (χ0n) is 8.37. The van der Waals surface area contributed by atoms with Gasteiger partial charge in [-0.15, -0.1) is 0 Å². The molecule has 0 spiro atoms. The van der Waals surface area contributed by atoms with E-state index in [9.17, 15) is 14.2 Å². The molecular weight excluding hydrogens is 229 g/mol. The lowest BCUT2D eigenvalue weighted by molar-refractivity contribution is -0.153. The second-order valence-corrected chi connectivity index (χ2v) is 3.23. The number of phosphoric ester groups is 1. The molecule has 0 rings (SSSR count). The van der Waals surface area contributed by atoms with Crippen LogP contribution in [0.25, 0.3) is 0 Å². The molecule has 15 heavy (non-hydrogen) atoms. The monoisotopic (exact) mass is 243 g/mol. The third-order valence-electron chi connectivity index (χ3n) is 0.774. The van der Waals surface area contributed by atoms with Gasteiger partial charge in [-0.1, -0.05) is 0 Å². The van der Waals surface area contributed by atoms with Crippen molar-refractivity contribution in [1.29, 1.82) is 0 Å². The number of phosphoric acid groups is 1. The van der Waals surface area contributed by atoms with Gasteiger partial charge in [0.2, 0.25) is 0 Å². The highest BCUT2D eigenvalue weighted by Gasteiger charge is 2.10. The minimum atomic E-state index is -4.17. The van der Waals surface area contributed by atoms with Crippen LogP contribution in [0.3, 0.4) is 0 Å². The molecule has 90 valence electrons. The fraction of sp³-hybridized carbons (Fsp3) is 0.667. The van der Waals surface area contributed by atoms with Crippen LogP contribution >= 0.6 is 7.82 Å². The van der Waals surface area contributed by atoms with Gasteiger partial charge in [-0.2, -0.15) is 0 Å². The molecular formula is C6H14NO7P. The van der Waals surface area contributed by atoms with Crippen molar-refractivity contribution in [1.82, 2.24) is 0 Å². The van der Waals surface area contributed by atoms with Crippen molar-refractivity contribution in [3.63, 3.8) is 0 Å². The van der Waals surface area contributed by atoms with Crippen molar-refractivity contribution in [3.05, 3.63) is 0 Å². The van der Waals surface area contributed by atoms with Crippen molar-refractivity contribution in [3.8, 4) is 0 Å². The summed E-state index contributed by atoms with van der Waals surface area (Å²) in [6, 6.07) is 0. The molecule has 0 bridgehead atoms. The van der Waals surface area contributed by atoms with Crippen LogP contribution < -0.4 is 5.73 Å². The van der Waals surface area contributed by atoms with Gasteiger partial charge in [0, 0.05) is 0 Å². The summed E-state index contributed by atoms with van der Waals surface area (Å²) >= 11 is 0. The molecule has 1 amide bonds. The number of ether oxygens (including phenoxy) is 1. The van der Waals surface area contributed by atoms with Crippen molar-refractivity contribution in [2.75, 3.05) is 13.2 Å². The fourth-order valence-corrected chi connectivity index (χ4v) is 0.707. The van der Waals surface area contributed by atoms with E-state index in [1.165, 1.54) is 6.92 Å². The molecule has 9 heteroatoms. The molecule has 0 aliphatic rings. The van der Waals surface area contributed by atoms with E-state index in [0.717, 1.165) is 0 Å². The van der Waals surface area contributed by atoms with E-state index < -0.39 is 19.7 Å². The van der Waals surface area contributed by atoms with Crippen LogP contribution in [0.5, 0.6) is 0 Å². The first-order chi connectivity index (χ1) is 6.74. The molecule has 0 aromatic carbocycles. The Labute approximate surface area is 86.6 Å². The Morgan fingerprint density at radius 3 is 1.80 bits per heavy atom. The van der Waals surface area contributed by atoms with E-state index >= 15 is 0 Å². The summed E-state index contributed by atoms with van der Waals surface area (Å²) in [6.45, 7) is 3.34. The van der Waals surface area contributed by atoms with Crippen molar-refractivity contribution in [2.45, 2.75) is 13.8 Å². The molecule has 8 nitrogen and oxygen atoms in total. The van der Waals surface area contributed by atoms with Crippen molar-refractivity contribution < 1.29 is 33.2 Å². The quantitative estimate of drug-likeness (QED) is 0.333. The number of rotatable bonds is 3. The van der Waals surface area contributed by atoms with Crippen molar-refractivity contribution >= 4 is 19.7 Å². The van der Waals surface area contributed by atoms with Crippen LogP contribution in [0.1, 0.15) is 13.8 Å². The lowest BCUT2D eigenvalue weighted by atomic mass is 10.6. The average Bonchev–Trinajstić information content (AvgIpc) is 2.03. The highest BCUT2D eigenvalue weighted by atomic mass is 31.2. The molecule has 0 atom stereocenters. The Morgan fingerprint density at radius 1 is 1.27 bits per heavy atom. The third kappa shape index (κ3) is 15.8. The summed E-state index contributed by atoms with van der Waals surface area (Å²) in [5.74, 6) is -2.03. The van der Waals surface area contributed by atoms with E-state index in [1.807, 2.05) is 0 Å². The average molecular weight is 243 g/mol. The van der Waals surface area contributed by atoms with E-state index in [0.29, 0.717) is 0 Å². The first-order valence-electron chi connectivity index (χ1n) is 3.91. The zero-order valence-corrected chi connectivity index (χ0v) is 9.27. The number of carbonyl (C=O) groups excluding carboxylic acids is 2. The molecule has 0 aromatic rings. The Kier molecular flexibility index (Phi) is 9.19. The SMILES string of the molecule is CCOC(=O)C(N)=O.CCOP(=O)(O)O. The minimum Gasteiger partial charge on any atom is -0.459 e. The molecule has 0 aromatic heterocycles. The number of hydrogen-bond donors (Lipinski definition) is 3. The fourth-order valence-electron chi connectivity index (χ4n) is 0.370. The van der Waals surface area contributed by atoms with Gasteiger partial charge in [-0.05, 0) is 13.8 Å². The molecule has 0 saturated heterocycles. The Hall–Kier alpha value is -0.950. The first kappa shape index (κ1) is 16.5. The van der Waals surface area contributed by atoms with Gasteiger partial charge >= 0.3 is 19.7 Å². The molecule has 0 radical (unpaired) electrons. The standard InChI is InChI=1S/C4H7NO3.C2H7O4P/c1-2-8-4(7)3(5)6;1-2-6-7(3,4)5/h2H2,1H3,(H2,5,6);2H2,1H3,(H2,3,4,5). The van der Waals surface area contributed by atoms with Gasteiger partial charge in [-0.25, -0.2) is 9.36 Å². The summed E-state index contributed by atoms with van der Waals surface area (Å²) in [5.41, 5.74) is 4.51. The van der Waals surface area contributed by atoms with Crippen LogP contribution in [0, 0.1) is 0 Å². The molecule has 0 saturated carbocycles. The minimum absolute atomic E-state index is 0.0459. The van der Waals surface area contributed by atoms with Gasteiger partial charge in [0.05, 0.1) is 13.2 Å². The Balaban J connectivity index is 0. The summed E-state index contributed by atoms with van der Waals surface area (Å²) in [7, 11) is -4.17. The molecule has 0 unspecified atom stereocenters. The van der Waals surface area contributed by atoms with Crippen LogP contribution in [-0.2, 0) is 23.4 Å². The van der Waals surface area contributed by atoms with Gasteiger partial charge in [-0.3, -0.25) is 9.32 Å². The van der Waals surface area contributed by atoms with E-state index in [1.54, 1.807) is 6.92 Å². The Morgan fingerprint density at radius 2 is 1.73 bits per heavy atom. The predicted octanol–water partition coefficient (Wildman–Crippen LogP) is -0.850. The molecule has 4 N–H and O–H groups in total. The van der Waals surface area contributed by atoms with E-state index in [-0.39, 0.29) is 13.2 Å². The van der Waals surface area contributed by atoms with Crippen LogP contribution in [0.2, 0.25) is 0 Å². The summed E-state index contributed by atoms with van der Waals surface area (Å²) < 4.78 is 17.8. The second-order valence-electron chi connectivity index (χ2n) is 1.99. The highest BCUT2D eigenvalue weighted by Crippen LogP contribution is 2.34. The lowest BCUT2D eigenvalue weighted by Crippen LogP contribution is -2.25. The number of hydrogen-bond acceptors (Lipinski definition) is 5. The molecule has 0 aliphatic heterocycles.